The van der Waals surface area contributed by atoms with Gasteiger partial charge in [-0.05, 0) is 51.9 Å². The van der Waals surface area contributed by atoms with Gasteiger partial charge in [0.1, 0.15) is 12.7 Å². The summed E-state index contributed by atoms with van der Waals surface area (Å²) >= 11 is 6.28. The van der Waals surface area contributed by atoms with Crippen LogP contribution in [0.15, 0.2) is 5.16 Å². The quantitative estimate of drug-likeness (QED) is 0.541. The van der Waals surface area contributed by atoms with Gasteiger partial charge in [0.15, 0.2) is 5.17 Å². The zero-order valence-corrected chi connectivity index (χ0v) is 16.2. The zero-order valence-electron chi connectivity index (χ0n) is 13.8. The minimum atomic E-state index is -0.503. The van der Waals surface area contributed by atoms with Gasteiger partial charge in [-0.3, -0.25) is 0 Å². The summed E-state index contributed by atoms with van der Waals surface area (Å²) in [5, 5.41) is 17.9. The highest BCUT2D eigenvalue weighted by Gasteiger charge is 2.32. The molecule has 2 N–H and O–H groups in total. The van der Waals surface area contributed by atoms with E-state index in [1.54, 1.807) is 0 Å². The summed E-state index contributed by atoms with van der Waals surface area (Å²) in [6.45, 7) is 7.06. The fraction of sp³-hybridized carbons (Fsp3) is 0.933. The van der Waals surface area contributed by atoms with E-state index >= 15 is 0 Å². The third kappa shape index (κ3) is 7.76. The Morgan fingerprint density at radius 1 is 1.26 bits per heavy atom. The average Bonchev–Trinajstić information content (AvgIpc) is 2.49. The van der Waals surface area contributed by atoms with Crippen molar-refractivity contribution in [3.8, 4) is 0 Å². The molecular weight excluding hydrogens is 361 g/mol. The summed E-state index contributed by atoms with van der Waals surface area (Å²) in [6, 6.07) is 0. The van der Waals surface area contributed by atoms with E-state index in [0.29, 0.717) is 11.7 Å². The predicted octanol–water partition coefficient (Wildman–Crippen LogP) is 2.64. The lowest BCUT2D eigenvalue weighted by molar-refractivity contribution is 0.0151. The lowest BCUT2D eigenvalue weighted by Gasteiger charge is -2.32. The highest BCUT2D eigenvalue weighted by atomic mass is 35.5. The maximum absolute atomic E-state index is 10.00. The molecule has 23 heavy (non-hydrogen) atoms. The van der Waals surface area contributed by atoms with Gasteiger partial charge in [-0.15, -0.1) is 24.8 Å². The zero-order chi connectivity index (χ0) is 15.1. The van der Waals surface area contributed by atoms with Gasteiger partial charge in [-0.2, -0.15) is 0 Å². The number of hydrogen-bond acceptors (Lipinski definition) is 5. The van der Waals surface area contributed by atoms with Crippen molar-refractivity contribution in [3.63, 3.8) is 0 Å². The SMILES string of the molecule is CC1(C(Cl)=NOCC(O)CN2CCCCC2)CCNCC1.Cl.Cl. The molecule has 0 bridgehead atoms. The number of halogens is 3. The predicted molar refractivity (Wildman–Crippen MR) is 100 cm³/mol. The molecule has 138 valence electrons. The molecule has 0 aromatic carbocycles. The number of piperidine rings is 2. The summed E-state index contributed by atoms with van der Waals surface area (Å²) in [4.78, 5) is 7.56. The molecule has 0 amide bonds. The Balaban J connectivity index is 0.00000242. The number of aliphatic hydroxyl groups is 1. The smallest absolute Gasteiger partial charge is 0.151 e. The Kier molecular flexibility index (Phi) is 11.8. The first-order valence-electron chi connectivity index (χ1n) is 8.07. The first kappa shape index (κ1) is 23.2. The molecule has 2 heterocycles. The van der Waals surface area contributed by atoms with E-state index in [0.717, 1.165) is 39.0 Å². The van der Waals surface area contributed by atoms with Crippen LogP contribution in [0.2, 0.25) is 0 Å². The minimum absolute atomic E-state index is 0. The molecule has 2 aliphatic heterocycles. The van der Waals surface area contributed by atoms with Crippen LogP contribution in [0.25, 0.3) is 0 Å². The molecule has 0 aromatic heterocycles. The third-order valence-corrected chi connectivity index (χ3v) is 5.06. The van der Waals surface area contributed by atoms with E-state index in [1.807, 2.05) is 0 Å². The van der Waals surface area contributed by atoms with Crippen molar-refractivity contribution in [1.82, 2.24) is 10.2 Å². The van der Waals surface area contributed by atoms with Crippen LogP contribution in [-0.4, -0.2) is 60.6 Å². The van der Waals surface area contributed by atoms with Crippen LogP contribution in [-0.2, 0) is 4.84 Å². The van der Waals surface area contributed by atoms with E-state index < -0.39 is 6.10 Å². The molecule has 8 heteroatoms. The third-order valence-electron chi connectivity index (χ3n) is 4.53. The number of oxime groups is 1. The fourth-order valence-corrected chi connectivity index (χ4v) is 3.21. The van der Waals surface area contributed by atoms with E-state index in [-0.39, 0.29) is 36.8 Å². The van der Waals surface area contributed by atoms with Crippen molar-refractivity contribution in [2.75, 3.05) is 39.3 Å². The van der Waals surface area contributed by atoms with Crippen molar-refractivity contribution < 1.29 is 9.94 Å². The molecule has 1 unspecified atom stereocenters. The molecule has 0 radical (unpaired) electrons. The van der Waals surface area contributed by atoms with Crippen LogP contribution in [0.1, 0.15) is 39.0 Å². The molecule has 2 aliphatic rings. The van der Waals surface area contributed by atoms with Gasteiger partial charge in [0.25, 0.3) is 0 Å². The normalized spacial score (nSPS) is 23.3. The Morgan fingerprint density at radius 2 is 1.87 bits per heavy atom. The second kappa shape index (κ2) is 11.7. The standard InChI is InChI=1S/C15H28ClN3O2.2ClH/c1-15(5-7-17-8-6-15)14(16)18-21-12-13(20)11-19-9-3-2-4-10-19;;/h13,17,20H,2-12H2,1H3;2*1H. The molecule has 0 aliphatic carbocycles. The summed E-state index contributed by atoms with van der Waals surface area (Å²) < 4.78 is 0. The molecule has 1 atom stereocenters. The van der Waals surface area contributed by atoms with Crippen LogP contribution >= 0.6 is 36.4 Å². The second-order valence-corrected chi connectivity index (χ2v) is 6.86. The maximum atomic E-state index is 10.00. The first-order chi connectivity index (χ1) is 10.1. The van der Waals surface area contributed by atoms with Gasteiger partial charge in [-0.1, -0.05) is 30.1 Å². The largest absolute Gasteiger partial charge is 0.392 e. The van der Waals surface area contributed by atoms with Crippen molar-refractivity contribution in [1.29, 1.82) is 0 Å². The van der Waals surface area contributed by atoms with Crippen molar-refractivity contribution >= 4 is 41.6 Å². The number of β-amino-alcohol motifs (C(OH)–C–C–N with tert-alkyl or cyclic N) is 1. The maximum Gasteiger partial charge on any atom is 0.151 e. The molecule has 0 saturated carbocycles. The molecule has 2 saturated heterocycles. The van der Waals surface area contributed by atoms with E-state index in [2.05, 4.69) is 22.3 Å². The Morgan fingerprint density at radius 3 is 2.48 bits per heavy atom. The molecule has 0 spiro atoms. The Labute approximate surface area is 157 Å². The van der Waals surface area contributed by atoms with Gasteiger partial charge in [0.05, 0.1) is 0 Å². The minimum Gasteiger partial charge on any atom is -0.392 e. The van der Waals surface area contributed by atoms with Crippen molar-refractivity contribution in [2.45, 2.75) is 45.1 Å². The number of rotatable bonds is 6. The van der Waals surface area contributed by atoms with Gasteiger partial charge in [0, 0.05) is 12.0 Å². The van der Waals surface area contributed by atoms with Gasteiger partial charge < -0.3 is 20.2 Å². The van der Waals surface area contributed by atoms with Gasteiger partial charge in [-0.25, -0.2) is 0 Å². The summed E-state index contributed by atoms with van der Waals surface area (Å²) in [7, 11) is 0. The van der Waals surface area contributed by atoms with Crippen LogP contribution < -0.4 is 5.32 Å². The summed E-state index contributed by atoms with van der Waals surface area (Å²) in [5.74, 6) is 0. The average molecular weight is 391 g/mol. The van der Waals surface area contributed by atoms with E-state index in [1.165, 1.54) is 19.3 Å². The lowest BCUT2D eigenvalue weighted by atomic mass is 9.82. The van der Waals surface area contributed by atoms with Crippen LogP contribution in [0.4, 0.5) is 0 Å². The topological polar surface area (TPSA) is 57.1 Å². The summed E-state index contributed by atoms with van der Waals surface area (Å²) in [5.41, 5.74) is -0.0926. The fourth-order valence-electron chi connectivity index (χ4n) is 2.97. The molecule has 2 rings (SSSR count). The van der Waals surface area contributed by atoms with Crippen LogP contribution in [0.3, 0.4) is 0 Å². The summed E-state index contributed by atoms with van der Waals surface area (Å²) in [6.07, 6.45) is 5.19. The van der Waals surface area contributed by atoms with Crippen molar-refractivity contribution in [3.05, 3.63) is 0 Å². The first-order valence-corrected chi connectivity index (χ1v) is 8.45. The number of nitrogens with one attached hydrogen (secondary N) is 1. The molecule has 2 fully saturated rings. The second-order valence-electron chi connectivity index (χ2n) is 6.50. The number of hydrogen-bond donors (Lipinski definition) is 2. The highest BCUT2D eigenvalue weighted by molar-refractivity contribution is 6.66. The van der Waals surface area contributed by atoms with Gasteiger partial charge >= 0.3 is 0 Å². The highest BCUT2D eigenvalue weighted by Crippen LogP contribution is 2.31. The van der Waals surface area contributed by atoms with E-state index in [9.17, 15) is 5.11 Å². The van der Waals surface area contributed by atoms with Crippen LogP contribution in [0.5, 0.6) is 0 Å². The Hall–Kier alpha value is 0.220. The van der Waals surface area contributed by atoms with Crippen LogP contribution in [0, 0.1) is 5.41 Å². The number of aliphatic hydroxyl groups excluding tert-OH is 1. The van der Waals surface area contributed by atoms with Gasteiger partial charge in [0.2, 0.25) is 0 Å². The number of nitrogens with zero attached hydrogens (tertiary/aromatic N) is 2. The lowest BCUT2D eigenvalue weighted by Crippen LogP contribution is -2.39. The monoisotopic (exact) mass is 389 g/mol. The molecular formula is C15H30Cl3N3O2. The van der Waals surface area contributed by atoms with E-state index in [4.69, 9.17) is 16.4 Å². The number of likely N-dealkylation sites (tertiary alicyclic amines) is 1. The van der Waals surface area contributed by atoms with Crippen molar-refractivity contribution in [2.24, 2.45) is 10.6 Å². The molecule has 0 aromatic rings. The Bertz CT molecular complexity index is 347. The molecule has 5 nitrogen and oxygen atoms in total.